The SMILES string of the molecule is CCNC1(C(N)=O)CCC(N(CC(C)C)C(CC)CC)C1. The van der Waals surface area contributed by atoms with Crippen LogP contribution in [0.15, 0.2) is 0 Å². The van der Waals surface area contributed by atoms with Crippen LogP contribution in [-0.4, -0.2) is 41.5 Å². The number of carbonyl (C=O) groups excluding carboxylic acids is 1. The summed E-state index contributed by atoms with van der Waals surface area (Å²) in [5.74, 6) is 0.467. The molecule has 2 unspecified atom stereocenters. The Morgan fingerprint density at radius 2 is 1.95 bits per heavy atom. The molecule has 1 aliphatic rings. The molecule has 1 fully saturated rings. The van der Waals surface area contributed by atoms with Crippen LogP contribution in [0.2, 0.25) is 0 Å². The molecule has 0 aliphatic heterocycles. The number of carbonyl (C=O) groups is 1. The predicted molar refractivity (Wildman–Crippen MR) is 89.2 cm³/mol. The maximum Gasteiger partial charge on any atom is 0.237 e. The normalized spacial score (nSPS) is 26.2. The summed E-state index contributed by atoms with van der Waals surface area (Å²) < 4.78 is 0. The first-order valence-electron chi connectivity index (χ1n) is 8.70. The first-order chi connectivity index (χ1) is 9.90. The minimum Gasteiger partial charge on any atom is -0.368 e. The van der Waals surface area contributed by atoms with Gasteiger partial charge in [0.1, 0.15) is 0 Å². The third-order valence-corrected chi connectivity index (χ3v) is 4.93. The average Bonchev–Trinajstić information content (AvgIpc) is 2.84. The fraction of sp³-hybridized carbons (Fsp3) is 0.941. The molecule has 4 nitrogen and oxygen atoms in total. The van der Waals surface area contributed by atoms with Crippen molar-refractivity contribution < 1.29 is 4.79 Å². The topological polar surface area (TPSA) is 58.4 Å². The third-order valence-electron chi connectivity index (χ3n) is 4.93. The smallest absolute Gasteiger partial charge is 0.237 e. The van der Waals surface area contributed by atoms with Crippen LogP contribution in [-0.2, 0) is 4.79 Å². The molecular weight excluding hydrogens is 262 g/mol. The van der Waals surface area contributed by atoms with Crippen LogP contribution in [0.5, 0.6) is 0 Å². The summed E-state index contributed by atoms with van der Waals surface area (Å²) in [6.45, 7) is 13.0. The van der Waals surface area contributed by atoms with E-state index in [9.17, 15) is 4.79 Å². The lowest BCUT2D eigenvalue weighted by molar-refractivity contribution is -0.124. The predicted octanol–water partition coefficient (Wildman–Crippen LogP) is 2.52. The maximum absolute atomic E-state index is 12.0. The standard InChI is InChI=1S/C17H35N3O/c1-6-14(7-2)20(12-13(4)5)15-9-10-17(11-15,16(18)21)19-8-3/h13-15,19H,6-12H2,1-5H3,(H2,18,21). The van der Waals surface area contributed by atoms with Crippen molar-refractivity contribution in [3.05, 3.63) is 0 Å². The zero-order valence-corrected chi connectivity index (χ0v) is 14.6. The number of nitrogens with one attached hydrogen (secondary N) is 1. The number of nitrogens with two attached hydrogens (primary N) is 1. The molecule has 2 atom stereocenters. The van der Waals surface area contributed by atoms with Crippen molar-refractivity contribution in [1.82, 2.24) is 10.2 Å². The molecule has 3 N–H and O–H groups in total. The maximum atomic E-state index is 12.0. The summed E-state index contributed by atoms with van der Waals surface area (Å²) in [5.41, 5.74) is 5.22. The van der Waals surface area contributed by atoms with Gasteiger partial charge in [-0.25, -0.2) is 0 Å². The molecule has 0 spiro atoms. The van der Waals surface area contributed by atoms with Gasteiger partial charge in [0.25, 0.3) is 0 Å². The van der Waals surface area contributed by atoms with Crippen LogP contribution >= 0.6 is 0 Å². The van der Waals surface area contributed by atoms with Crippen molar-refractivity contribution >= 4 is 5.91 Å². The Kier molecular flexibility index (Phi) is 7.14. The van der Waals surface area contributed by atoms with Crippen LogP contribution in [0.4, 0.5) is 0 Å². The van der Waals surface area contributed by atoms with Gasteiger partial charge in [-0.05, 0) is 44.6 Å². The lowest BCUT2D eigenvalue weighted by Crippen LogP contribution is -2.55. The molecule has 124 valence electrons. The monoisotopic (exact) mass is 297 g/mol. The van der Waals surface area contributed by atoms with Crippen LogP contribution in [0.1, 0.15) is 66.7 Å². The molecule has 21 heavy (non-hydrogen) atoms. The minimum atomic E-state index is -0.485. The van der Waals surface area contributed by atoms with Gasteiger partial charge in [0.05, 0.1) is 5.54 Å². The van der Waals surface area contributed by atoms with E-state index < -0.39 is 5.54 Å². The van der Waals surface area contributed by atoms with Gasteiger partial charge < -0.3 is 11.1 Å². The van der Waals surface area contributed by atoms with Gasteiger partial charge in [0.2, 0.25) is 5.91 Å². The lowest BCUT2D eigenvalue weighted by atomic mass is 9.95. The van der Waals surface area contributed by atoms with E-state index >= 15 is 0 Å². The third kappa shape index (κ3) is 4.43. The molecule has 1 amide bonds. The van der Waals surface area contributed by atoms with Crippen LogP contribution in [0.25, 0.3) is 0 Å². The van der Waals surface area contributed by atoms with E-state index in [1.54, 1.807) is 0 Å². The van der Waals surface area contributed by atoms with Crippen molar-refractivity contribution in [3.8, 4) is 0 Å². The van der Waals surface area contributed by atoms with Crippen molar-refractivity contribution in [1.29, 1.82) is 0 Å². The molecule has 1 saturated carbocycles. The Labute approximate surface area is 130 Å². The molecule has 0 aromatic heterocycles. The highest BCUT2D eigenvalue weighted by Crippen LogP contribution is 2.35. The highest BCUT2D eigenvalue weighted by atomic mass is 16.1. The number of likely N-dealkylation sites (N-methyl/N-ethyl adjacent to an activating group) is 1. The second-order valence-electron chi connectivity index (χ2n) is 6.93. The number of primary amides is 1. The number of hydrogen-bond acceptors (Lipinski definition) is 3. The van der Waals surface area contributed by atoms with Crippen LogP contribution < -0.4 is 11.1 Å². The van der Waals surface area contributed by atoms with E-state index in [1.165, 1.54) is 12.8 Å². The average molecular weight is 297 g/mol. The van der Waals surface area contributed by atoms with E-state index in [4.69, 9.17) is 5.73 Å². The highest BCUT2D eigenvalue weighted by molar-refractivity contribution is 5.85. The van der Waals surface area contributed by atoms with Crippen molar-refractivity contribution in [3.63, 3.8) is 0 Å². The largest absolute Gasteiger partial charge is 0.368 e. The summed E-state index contributed by atoms with van der Waals surface area (Å²) in [5, 5.41) is 3.37. The Balaban J connectivity index is 2.87. The molecule has 0 aromatic rings. The molecule has 1 rings (SSSR count). The highest BCUT2D eigenvalue weighted by Gasteiger charge is 2.45. The summed E-state index contributed by atoms with van der Waals surface area (Å²) in [7, 11) is 0. The van der Waals surface area contributed by atoms with E-state index in [2.05, 4.69) is 37.9 Å². The van der Waals surface area contributed by atoms with Gasteiger partial charge in [-0.15, -0.1) is 0 Å². The summed E-state index contributed by atoms with van der Waals surface area (Å²) >= 11 is 0. The lowest BCUT2D eigenvalue weighted by Gasteiger charge is -2.38. The van der Waals surface area contributed by atoms with E-state index in [1.807, 2.05) is 6.92 Å². The quantitative estimate of drug-likeness (QED) is 0.687. The molecule has 0 saturated heterocycles. The van der Waals surface area contributed by atoms with Crippen LogP contribution in [0.3, 0.4) is 0 Å². The first kappa shape index (κ1) is 18.4. The molecule has 4 heteroatoms. The van der Waals surface area contributed by atoms with Crippen molar-refractivity contribution in [2.24, 2.45) is 11.7 Å². The second kappa shape index (κ2) is 8.14. The Morgan fingerprint density at radius 1 is 1.33 bits per heavy atom. The number of nitrogens with zero attached hydrogens (tertiary/aromatic N) is 1. The molecule has 0 aromatic carbocycles. The van der Waals surface area contributed by atoms with Gasteiger partial charge in [-0.3, -0.25) is 9.69 Å². The fourth-order valence-corrected chi connectivity index (χ4v) is 3.89. The minimum absolute atomic E-state index is 0.180. The Morgan fingerprint density at radius 3 is 2.38 bits per heavy atom. The number of rotatable bonds is 9. The van der Waals surface area contributed by atoms with Crippen molar-refractivity contribution in [2.45, 2.75) is 84.3 Å². The molecule has 1 aliphatic carbocycles. The zero-order valence-electron chi connectivity index (χ0n) is 14.6. The first-order valence-corrected chi connectivity index (χ1v) is 8.70. The summed E-state index contributed by atoms with van der Waals surface area (Å²) in [4.78, 5) is 14.6. The Bertz CT molecular complexity index is 328. The number of amides is 1. The summed E-state index contributed by atoms with van der Waals surface area (Å²) in [6.07, 6.45) is 5.14. The number of hydrogen-bond donors (Lipinski definition) is 2. The van der Waals surface area contributed by atoms with E-state index in [0.717, 1.165) is 32.4 Å². The van der Waals surface area contributed by atoms with E-state index in [-0.39, 0.29) is 5.91 Å². The van der Waals surface area contributed by atoms with Gasteiger partial charge in [-0.2, -0.15) is 0 Å². The summed E-state index contributed by atoms with van der Waals surface area (Å²) in [6, 6.07) is 1.09. The van der Waals surface area contributed by atoms with E-state index in [0.29, 0.717) is 18.0 Å². The van der Waals surface area contributed by atoms with Crippen LogP contribution in [0, 0.1) is 5.92 Å². The fourth-order valence-electron chi connectivity index (χ4n) is 3.89. The van der Waals surface area contributed by atoms with Gasteiger partial charge >= 0.3 is 0 Å². The molecule has 0 heterocycles. The Hall–Kier alpha value is -0.610. The molecule has 0 radical (unpaired) electrons. The molecule has 0 bridgehead atoms. The molecular formula is C17H35N3O. The zero-order chi connectivity index (χ0) is 16.0. The second-order valence-corrected chi connectivity index (χ2v) is 6.93. The van der Waals surface area contributed by atoms with Gasteiger partial charge in [-0.1, -0.05) is 34.6 Å². The van der Waals surface area contributed by atoms with Crippen molar-refractivity contribution in [2.75, 3.05) is 13.1 Å². The van der Waals surface area contributed by atoms with Gasteiger partial charge in [0.15, 0.2) is 0 Å². The van der Waals surface area contributed by atoms with Gasteiger partial charge in [0, 0.05) is 18.6 Å².